The molecule has 0 saturated heterocycles. The number of aryl methyl sites for hydroxylation is 1. The highest BCUT2D eigenvalue weighted by Gasteiger charge is 2.19. The molecule has 3 aromatic carbocycles. The van der Waals surface area contributed by atoms with Crippen molar-refractivity contribution in [2.24, 2.45) is 0 Å². The molecule has 8 nitrogen and oxygen atoms in total. The predicted molar refractivity (Wildman–Crippen MR) is 128 cm³/mol. The van der Waals surface area contributed by atoms with Crippen LogP contribution in [0, 0.1) is 22.9 Å². The van der Waals surface area contributed by atoms with E-state index in [1.807, 2.05) is 30.3 Å². The van der Waals surface area contributed by atoms with Crippen LogP contribution in [-0.2, 0) is 11.3 Å². The third kappa shape index (κ3) is 5.29. The quantitative estimate of drug-likeness (QED) is 0.216. The van der Waals surface area contributed by atoms with Crippen molar-refractivity contribution in [3.8, 4) is 11.4 Å². The normalized spacial score (nSPS) is 10.8. The van der Waals surface area contributed by atoms with Gasteiger partial charge in [-0.2, -0.15) is 0 Å². The third-order valence-corrected chi connectivity index (χ3v) is 6.02. The summed E-state index contributed by atoms with van der Waals surface area (Å²) in [5.74, 6) is -0.416. The van der Waals surface area contributed by atoms with Crippen LogP contribution in [0.1, 0.15) is 11.1 Å². The van der Waals surface area contributed by atoms with Crippen LogP contribution in [0.15, 0.2) is 78.0 Å². The minimum absolute atomic E-state index is 0.00761. The van der Waals surface area contributed by atoms with Crippen molar-refractivity contribution in [2.45, 2.75) is 18.6 Å². The molecule has 34 heavy (non-hydrogen) atoms. The molecular formula is C24H20FN5O3S. The minimum atomic E-state index is -0.514. The zero-order chi connectivity index (χ0) is 24.1. The van der Waals surface area contributed by atoms with Gasteiger partial charge in [0.25, 0.3) is 5.69 Å². The molecule has 0 aliphatic carbocycles. The van der Waals surface area contributed by atoms with Crippen molar-refractivity contribution < 1.29 is 14.1 Å². The number of thioether (sulfide) groups is 1. The summed E-state index contributed by atoms with van der Waals surface area (Å²) in [6.07, 6.45) is 0. The molecule has 0 fully saturated rings. The lowest BCUT2D eigenvalue weighted by Crippen LogP contribution is -2.15. The number of carbonyl (C=O) groups excluding carboxylic acids is 1. The van der Waals surface area contributed by atoms with Crippen LogP contribution in [-0.4, -0.2) is 31.3 Å². The summed E-state index contributed by atoms with van der Waals surface area (Å²) in [6.45, 7) is 2.15. The molecule has 0 aliphatic heterocycles. The molecule has 4 aromatic rings. The van der Waals surface area contributed by atoms with E-state index in [0.717, 1.165) is 17.3 Å². The van der Waals surface area contributed by atoms with E-state index in [-0.39, 0.29) is 17.3 Å². The smallest absolute Gasteiger partial charge is 0.271 e. The second-order valence-electron chi connectivity index (χ2n) is 7.45. The average molecular weight is 478 g/mol. The maximum absolute atomic E-state index is 14.5. The number of rotatable bonds is 8. The van der Waals surface area contributed by atoms with E-state index in [9.17, 15) is 19.3 Å². The van der Waals surface area contributed by atoms with Gasteiger partial charge in [0.15, 0.2) is 11.0 Å². The third-order valence-electron chi connectivity index (χ3n) is 5.05. The number of nitro groups is 1. The molecule has 1 heterocycles. The van der Waals surface area contributed by atoms with E-state index in [0.29, 0.717) is 34.3 Å². The van der Waals surface area contributed by atoms with Gasteiger partial charge in [0, 0.05) is 12.1 Å². The molecule has 1 N–H and O–H groups in total. The number of amides is 1. The summed E-state index contributed by atoms with van der Waals surface area (Å²) in [6, 6.07) is 20.2. The minimum Gasteiger partial charge on any atom is -0.325 e. The molecule has 0 unspecified atom stereocenters. The van der Waals surface area contributed by atoms with Crippen molar-refractivity contribution in [1.29, 1.82) is 0 Å². The summed E-state index contributed by atoms with van der Waals surface area (Å²) >= 11 is 1.15. The first kappa shape index (κ1) is 23.1. The summed E-state index contributed by atoms with van der Waals surface area (Å²) in [4.78, 5) is 23.1. The molecule has 0 aliphatic rings. The Hall–Kier alpha value is -4.05. The predicted octanol–water partition coefficient (Wildman–Crippen LogP) is 5.08. The van der Waals surface area contributed by atoms with Crippen molar-refractivity contribution in [3.63, 3.8) is 0 Å². The van der Waals surface area contributed by atoms with Crippen molar-refractivity contribution in [3.05, 3.63) is 99.9 Å². The standard InChI is InChI=1S/C24H20FN5O3S/c1-16-11-12-18(30(32)33)13-21(16)26-22(31)15-34-24-28-27-23(19-9-5-6-10-20(19)25)29(24)14-17-7-3-2-4-8-17/h2-13H,14-15H2,1H3,(H,26,31). The lowest BCUT2D eigenvalue weighted by atomic mass is 10.2. The summed E-state index contributed by atoms with van der Waals surface area (Å²) in [5, 5.41) is 22.6. The van der Waals surface area contributed by atoms with Crippen molar-refractivity contribution in [1.82, 2.24) is 14.8 Å². The van der Waals surface area contributed by atoms with Gasteiger partial charge in [-0.25, -0.2) is 4.39 Å². The maximum atomic E-state index is 14.5. The van der Waals surface area contributed by atoms with Crippen LogP contribution in [0.25, 0.3) is 11.4 Å². The first-order chi connectivity index (χ1) is 16.4. The number of hydrogen-bond acceptors (Lipinski definition) is 6. The Labute approximate surface area is 199 Å². The SMILES string of the molecule is Cc1ccc([N+](=O)[O-])cc1NC(=O)CSc1nnc(-c2ccccc2F)n1Cc1ccccc1. The summed E-state index contributed by atoms with van der Waals surface area (Å²) < 4.78 is 16.3. The Balaban J connectivity index is 1.56. The molecule has 0 atom stereocenters. The number of halogens is 1. The van der Waals surface area contributed by atoms with Gasteiger partial charge in [-0.3, -0.25) is 19.5 Å². The van der Waals surface area contributed by atoms with Gasteiger partial charge in [-0.15, -0.1) is 10.2 Å². The van der Waals surface area contributed by atoms with E-state index in [2.05, 4.69) is 15.5 Å². The largest absolute Gasteiger partial charge is 0.325 e. The first-order valence-corrected chi connectivity index (χ1v) is 11.3. The molecular weight excluding hydrogens is 457 g/mol. The van der Waals surface area contributed by atoms with Gasteiger partial charge in [0.1, 0.15) is 5.82 Å². The van der Waals surface area contributed by atoms with Gasteiger partial charge in [0.2, 0.25) is 5.91 Å². The fourth-order valence-electron chi connectivity index (χ4n) is 3.32. The fraction of sp³-hybridized carbons (Fsp3) is 0.125. The van der Waals surface area contributed by atoms with Crippen molar-refractivity contribution in [2.75, 3.05) is 11.1 Å². The summed E-state index contributed by atoms with van der Waals surface area (Å²) in [5.41, 5.74) is 2.26. The molecule has 172 valence electrons. The van der Waals surface area contributed by atoms with E-state index in [1.54, 1.807) is 35.8 Å². The number of aromatic nitrogens is 3. The molecule has 1 amide bonds. The monoisotopic (exact) mass is 477 g/mol. The lowest BCUT2D eigenvalue weighted by molar-refractivity contribution is -0.384. The Bertz CT molecular complexity index is 1340. The molecule has 1 aromatic heterocycles. The number of hydrogen-bond donors (Lipinski definition) is 1. The topological polar surface area (TPSA) is 103 Å². The van der Waals surface area contributed by atoms with E-state index in [4.69, 9.17) is 0 Å². The Kier molecular flexibility index (Phi) is 6.98. The number of nitrogens with one attached hydrogen (secondary N) is 1. The second kappa shape index (κ2) is 10.3. The molecule has 0 saturated carbocycles. The molecule has 0 bridgehead atoms. The molecule has 10 heteroatoms. The Morgan fingerprint density at radius 3 is 2.56 bits per heavy atom. The van der Waals surface area contributed by atoms with Gasteiger partial charge in [-0.1, -0.05) is 60.3 Å². The number of carbonyl (C=O) groups is 1. The molecule has 4 rings (SSSR count). The van der Waals surface area contributed by atoms with Crippen LogP contribution in [0.5, 0.6) is 0 Å². The highest BCUT2D eigenvalue weighted by atomic mass is 32.2. The number of benzene rings is 3. The number of anilines is 1. The lowest BCUT2D eigenvalue weighted by Gasteiger charge is -2.11. The number of nitro benzene ring substituents is 1. The van der Waals surface area contributed by atoms with Crippen LogP contribution >= 0.6 is 11.8 Å². The zero-order valence-corrected chi connectivity index (χ0v) is 19.0. The van der Waals surface area contributed by atoms with Crippen molar-refractivity contribution >= 4 is 29.0 Å². The van der Waals surface area contributed by atoms with Gasteiger partial charge >= 0.3 is 0 Å². The highest BCUT2D eigenvalue weighted by molar-refractivity contribution is 7.99. The first-order valence-electron chi connectivity index (χ1n) is 10.3. The zero-order valence-electron chi connectivity index (χ0n) is 18.1. The van der Waals surface area contributed by atoms with E-state index < -0.39 is 10.7 Å². The maximum Gasteiger partial charge on any atom is 0.271 e. The van der Waals surface area contributed by atoms with Crippen LogP contribution in [0.3, 0.4) is 0 Å². The van der Waals surface area contributed by atoms with Crippen LogP contribution < -0.4 is 5.32 Å². The average Bonchev–Trinajstić information content (AvgIpc) is 3.22. The number of nitrogens with zero attached hydrogens (tertiary/aromatic N) is 4. The second-order valence-corrected chi connectivity index (χ2v) is 8.39. The fourth-order valence-corrected chi connectivity index (χ4v) is 4.06. The Morgan fingerprint density at radius 1 is 1.09 bits per heavy atom. The molecule has 0 radical (unpaired) electrons. The molecule has 0 spiro atoms. The van der Waals surface area contributed by atoms with Crippen LogP contribution in [0.4, 0.5) is 15.8 Å². The van der Waals surface area contributed by atoms with Gasteiger partial charge in [-0.05, 0) is 30.2 Å². The highest BCUT2D eigenvalue weighted by Crippen LogP contribution is 2.28. The summed E-state index contributed by atoms with van der Waals surface area (Å²) in [7, 11) is 0. The van der Waals surface area contributed by atoms with Crippen LogP contribution in [0.2, 0.25) is 0 Å². The Morgan fingerprint density at radius 2 is 1.82 bits per heavy atom. The van der Waals surface area contributed by atoms with Gasteiger partial charge in [0.05, 0.1) is 28.5 Å². The van der Waals surface area contributed by atoms with E-state index in [1.165, 1.54) is 18.2 Å². The van der Waals surface area contributed by atoms with Gasteiger partial charge < -0.3 is 5.32 Å². The number of non-ortho nitro benzene ring substituents is 1. The van der Waals surface area contributed by atoms with E-state index >= 15 is 0 Å².